The van der Waals surface area contributed by atoms with Crippen LogP contribution in [0.25, 0.3) is 0 Å². The Hall–Kier alpha value is -0.860. The molecule has 1 saturated heterocycles. The van der Waals surface area contributed by atoms with E-state index in [4.69, 9.17) is 0 Å². The van der Waals surface area contributed by atoms with Gasteiger partial charge in [0.05, 0.1) is 6.10 Å². The van der Waals surface area contributed by atoms with Crippen LogP contribution in [0.4, 0.5) is 0 Å². The lowest BCUT2D eigenvalue weighted by atomic mass is 9.85. The van der Waals surface area contributed by atoms with E-state index in [1.165, 1.54) is 5.56 Å². The summed E-state index contributed by atoms with van der Waals surface area (Å²) in [7, 11) is 0. The highest BCUT2D eigenvalue weighted by Gasteiger charge is 2.29. The Morgan fingerprint density at radius 3 is 2.65 bits per heavy atom. The number of aliphatic hydroxyl groups is 1. The van der Waals surface area contributed by atoms with Crippen molar-refractivity contribution in [3.8, 4) is 0 Å². The lowest BCUT2D eigenvalue weighted by molar-refractivity contribution is 0.00324. The van der Waals surface area contributed by atoms with E-state index in [0.29, 0.717) is 11.8 Å². The van der Waals surface area contributed by atoms with Gasteiger partial charge in [0.2, 0.25) is 0 Å². The first-order valence-electron chi connectivity index (χ1n) is 6.61. The zero-order chi connectivity index (χ0) is 12.3. The molecule has 0 spiro atoms. The maximum absolute atomic E-state index is 10.00. The summed E-state index contributed by atoms with van der Waals surface area (Å²) < 4.78 is 0. The smallest absolute Gasteiger partial charge is 0.0595 e. The molecule has 0 bridgehead atoms. The molecule has 0 aliphatic carbocycles. The molecule has 0 amide bonds. The molecule has 1 aliphatic rings. The van der Waals surface area contributed by atoms with Crippen molar-refractivity contribution in [2.45, 2.75) is 32.9 Å². The van der Waals surface area contributed by atoms with Crippen molar-refractivity contribution in [2.24, 2.45) is 11.8 Å². The van der Waals surface area contributed by atoms with Gasteiger partial charge in [-0.05, 0) is 23.8 Å². The highest BCUT2D eigenvalue weighted by Crippen LogP contribution is 2.25. The number of likely N-dealkylation sites (tertiary alicyclic amines) is 1. The fourth-order valence-electron chi connectivity index (χ4n) is 2.68. The Morgan fingerprint density at radius 2 is 2.00 bits per heavy atom. The Labute approximate surface area is 104 Å². The van der Waals surface area contributed by atoms with Crippen molar-refractivity contribution >= 4 is 0 Å². The summed E-state index contributed by atoms with van der Waals surface area (Å²) in [6.45, 7) is 7.46. The first-order chi connectivity index (χ1) is 8.16. The van der Waals surface area contributed by atoms with E-state index in [0.717, 1.165) is 26.1 Å². The maximum atomic E-state index is 10.00. The number of nitrogens with zero attached hydrogens (tertiary/aromatic N) is 1. The average molecular weight is 233 g/mol. The van der Waals surface area contributed by atoms with Crippen LogP contribution in [0.3, 0.4) is 0 Å². The topological polar surface area (TPSA) is 23.5 Å². The molecule has 2 rings (SSSR count). The highest BCUT2D eigenvalue weighted by atomic mass is 16.3. The Bertz CT molecular complexity index is 336. The lowest BCUT2D eigenvalue weighted by Gasteiger charge is -2.38. The second kappa shape index (κ2) is 5.65. The molecule has 0 radical (unpaired) electrons. The summed E-state index contributed by atoms with van der Waals surface area (Å²) in [5, 5.41) is 10.00. The van der Waals surface area contributed by atoms with Crippen molar-refractivity contribution in [2.75, 3.05) is 13.1 Å². The van der Waals surface area contributed by atoms with E-state index in [-0.39, 0.29) is 6.10 Å². The average Bonchev–Trinajstić information content (AvgIpc) is 2.32. The van der Waals surface area contributed by atoms with Crippen LogP contribution < -0.4 is 0 Å². The van der Waals surface area contributed by atoms with E-state index in [9.17, 15) is 5.11 Å². The van der Waals surface area contributed by atoms with Crippen LogP contribution in [0.1, 0.15) is 25.8 Å². The molecule has 2 unspecified atom stereocenters. The van der Waals surface area contributed by atoms with Gasteiger partial charge < -0.3 is 5.11 Å². The van der Waals surface area contributed by atoms with Crippen LogP contribution in [0.15, 0.2) is 30.3 Å². The SMILES string of the molecule is CC(C)C1CN(Cc2ccccc2)CCC1O. The summed E-state index contributed by atoms with van der Waals surface area (Å²) in [5.41, 5.74) is 1.37. The van der Waals surface area contributed by atoms with Gasteiger partial charge in [0.15, 0.2) is 0 Å². The van der Waals surface area contributed by atoms with Crippen molar-refractivity contribution < 1.29 is 5.11 Å². The maximum Gasteiger partial charge on any atom is 0.0595 e. The second-order valence-electron chi connectivity index (χ2n) is 5.48. The quantitative estimate of drug-likeness (QED) is 0.867. The van der Waals surface area contributed by atoms with E-state index < -0.39 is 0 Å². The van der Waals surface area contributed by atoms with Gasteiger partial charge >= 0.3 is 0 Å². The van der Waals surface area contributed by atoms with Gasteiger partial charge in [-0.25, -0.2) is 0 Å². The number of aliphatic hydroxyl groups excluding tert-OH is 1. The molecule has 1 aliphatic heterocycles. The number of hydrogen-bond donors (Lipinski definition) is 1. The predicted molar refractivity (Wildman–Crippen MR) is 70.7 cm³/mol. The molecule has 17 heavy (non-hydrogen) atoms. The minimum absolute atomic E-state index is 0.109. The summed E-state index contributed by atoms with van der Waals surface area (Å²) in [5.74, 6) is 0.982. The minimum atomic E-state index is -0.109. The van der Waals surface area contributed by atoms with Gasteiger partial charge in [-0.15, -0.1) is 0 Å². The van der Waals surface area contributed by atoms with Crippen LogP contribution >= 0.6 is 0 Å². The number of rotatable bonds is 3. The molecule has 94 valence electrons. The Morgan fingerprint density at radius 1 is 1.29 bits per heavy atom. The van der Waals surface area contributed by atoms with E-state index in [1.807, 2.05) is 0 Å². The fraction of sp³-hybridized carbons (Fsp3) is 0.600. The molecule has 2 heteroatoms. The second-order valence-corrected chi connectivity index (χ2v) is 5.48. The van der Waals surface area contributed by atoms with Crippen molar-refractivity contribution in [1.29, 1.82) is 0 Å². The zero-order valence-electron chi connectivity index (χ0n) is 10.8. The fourth-order valence-corrected chi connectivity index (χ4v) is 2.68. The van der Waals surface area contributed by atoms with Gasteiger partial charge in [-0.1, -0.05) is 44.2 Å². The predicted octanol–water partition coefficient (Wildman–Crippen LogP) is 2.53. The summed E-state index contributed by atoms with van der Waals surface area (Å²) in [4.78, 5) is 2.46. The summed E-state index contributed by atoms with van der Waals surface area (Å²) in [6.07, 6.45) is 0.803. The van der Waals surface area contributed by atoms with Gasteiger partial charge in [0.25, 0.3) is 0 Å². The number of piperidine rings is 1. The Balaban J connectivity index is 1.95. The molecule has 0 saturated carbocycles. The normalized spacial score (nSPS) is 26.4. The van der Waals surface area contributed by atoms with Crippen LogP contribution in [0.5, 0.6) is 0 Å². The molecule has 1 N–H and O–H groups in total. The van der Waals surface area contributed by atoms with Gasteiger partial charge in [-0.2, -0.15) is 0 Å². The van der Waals surface area contributed by atoms with Crippen LogP contribution in [0, 0.1) is 11.8 Å². The molecule has 2 nitrogen and oxygen atoms in total. The number of benzene rings is 1. The summed E-state index contributed by atoms with van der Waals surface area (Å²) in [6, 6.07) is 10.6. The molecule has 1 aromatic carbocycles. The molecule has 1 heterocycles. The van der Waals surface area contributed by atoms with Crippen molar-refractivity contribution in [1.82, 2.24) is 4.90 Å². The standard InChI is InChI=1S/C15H23NO/c1-12(2)14-11-16(9-8-15(14)17)10-13-6-4-3-5-7-13/h3-7,12,14-15,17H,8-11H2,1-2H3. The van der Waals surface area contributed by atoms with E-state index >= 15 is 0 Å². The third-order valence-electron chi connectivity index (χ3n) is 3.81. The van der Waals surface area contributed by atoms with Gasteiger partial charge in [0.1, 0.15) is 0 Å². The molecule has 0 aromatic heterocycles. The summed E-state index contributed by atoms with van der Waals surface area (Å²) >= 11 is 0. The molecule has 1 aromatic rings. The largest absolute Gasteiger partial charge is 0.393 e. The van der Waals surface area contributed by atoms with Crippen molar-refractivity contribution in [3.05, 3.63) is 35.9 Å². The third-order valence-corrected chi connectivity index (χ3v) is 3.81. The van der Waals surface area contributed by atoms with Crippen molar-refractivity contribution in [3.63, 3.8) is 0 Å². The highest BCUT2D eigenvalue weighted by molar-refractivity contribution is 5.14. The molecule has 2 atom stereocenters. The van der Waals surface area contributed by atoms with E-state index in [1.54, 1.807) is 0 Å². The Kier molecular flexibility index (Phi) is 4.19. The first-order valence-corrected chi connectivity index (χ1v) is 6.61. The van der Waals surface area contributed by atoms with Crippen LogP contribution in [0.2, 0.25) is 0 Å². The molecule has 1 fully saturated rings. The third kappa shape index (κ3) is 3.30. The van der Waals surface area contributed by atoms with E-state index in [2.05, 4.69) is 49.1 Å². The molecular weight excluding hydrogens is 210 g/mol. The van der Waals surface area contributed by atoms with Gasteiger partial charge in [0, 0.05) is 19.6 Å². The lowest BCUT2D eigenvalue weighted by Crippen LogP contribution is -2.44. The zero-order valence-corrected chi connectivity index (χ0v) is 10.8. The first kappa shape index (κ1) is 12.6. The van der Waals surface area contributed by atoms with Crippen LogP contribution in [-0.2, 0) is 6.54 Å². The minimum Gasteiger partial charge on any atom is -0.393 e. The number of hydrogen-bond acceptors (Lipinski definition) is 2. The monoisotopic (exact) mass is 233 g/mol. The molecular formula is C15H23NO. The van der Waals surface area contributed by atoms with Gasteiger partial charge in [-0.3, -0.25) is 4.90 Å². The van der Waals surface area contributed by atoms with Crippen LogP contribution in [-0.4, -0.2) is 29.2 Å².